The molecule has 104 valence electrons. The molecule has 6 heteroatoms. The third kappa shape index (κ3) is 4.59. The zero-order valence-electron chi connectivity index (χ0n) is 11.0. The van der Waals surface area contributed by atoms with E-state index < -0.39 is 0 Å². The van der Waals surface area contributed by atoms with Gasteiger partial charge in [-0.15, -0.1) is 0 Å². The number of carbonyl (C=O) groups excluding carboxylic acids is 2. The smallest absolute Gasteiger partial charge is 0.221 e. The van der Waals surface area contributed by atoms with Crippen LogP contribution in [0.3, 0.4) is 0 Å². The molecule has 1 rings (SSSR count). The van der Waals surface area contributed by atoms with E-state index in [1.807, 2.05) is 0 Å². The predicted octanol–water partition coefficient (Wildman–Crippen LogP) is 0.348. The van der Waals surface area contributed by atoms with Crippen molar-refractivity contribution >= 4 is 11.7 Å². The van der Waals surface area contributed by atoms with Crippen molar-refractivity contribution in [3.63, 3.8) is 0 Å². The van der Waals surface area contributed by atoms with Crippen molar-refractivity contribution in [3.8, 4) is 11.5 Å². The van der Waals surface area contributed by atoms with Crippen LogP contribution in [0.15, 0.2) is 18.2 Å². The normalized spacial score (nSPS) is 10.5. The number of nitrogens with zero attached hydrogens (tertiary/aromatic N) is 1. The maximum Gasteiger partial charge on any atom is 0.221 e. The van der Waals surface area contributed by atoms with Gasteiger partial charge in [0.25, 0.3) is 0 Å². The second kappa shape index (κ2) is 6.75. The lowest BCUT2D eigenvalue weighted by atomic mass is 10.1. The minimum Gasteiger partial charge on any atom is -0.504 e. The van der Waals surface area contributed by atoms with Gasteiger partial charge in [-0.3, -0.25) is 14.5 Å². The van der Waals surface area contributed by atoms with Gasteiger partial charge in [0.1, 0.15) is 0 Å². The van der Waals surface area contributed by atoms with Crippen LogP contribution in [0.2, 0.25) is 0 Å². The highest BCUT2D eigenvalue weighted by molar-refractivity contribution is 5.98. The summed E-state index contributed by atoms with van der Waals surface area (Å²) in [4.78, 5) is 24.7. The summed E-state index contributed by atoms with van der Waals surface area (Å²) in [6.45, 7) is 0.608. The van der Waals surface area contributed by atoms with E-state index in [9.17, 15) is 14.7 Å². The SMILES string of the molecule is CNC(=O)CCN(C)CC(=O)c1ccc(O)c(O)c1. The molecule has 0 radical (unpaired) electrons. The number of phenolic OH excluding ortho intramolecular Hbond substituents is 2. The number of hydrogen-bond donors (Lipinski definition) is 3. The third-order valence-corrected chi connectivity index (χ3v) is 2.71. The van der Waals surface area contributed by atoms with Gasteiger partial charge in [-0.05, 0) is 25.2 Å². The maximum absolute atomic E-state index is 11.9. The van der Waals surface area contributed by atoms with Gasteiger partial charge in [-0.2, -0.15) is 0 Å². The number of likely N-dealkylation sites (N-methyl/N-ethyl adjacent to an activating group) is 1. The lowest BCUT2D eigenvalue weighted by Gasteiger charge is -2.15. The first kappa shape index (κ1) is 15.0. The minimum absolute atomic E-state index is 0.0819. The van der Waals surface area contributed by atoms with E-state index in [0.717, 1.165) is 0 Å². The van der Waals surface area contributed by atoms with E-state index >= 15 is 0 Å². The highest BCUT2D eigenvalue weighted by atomic mass is 16.3. The Morgan fingerprint density at radius 2 is 1.95 bits per heavy atom. The maximum atomic E-state index is 11.9. The van der Waals surface area contributed by atoms with Crippen LogP contribution in [0.25, 0.3) is 0 Å². The van der Waals surface area contributed by atoms with Crippen LogP contribution in [0, 0.1) is 0 Å². The summed E-state index contributed by atoms with van der Waals surface area (Å²) >= 11 is 0. The van der Waals surface area contributed by atoms with Crippen molar-refractivity contribution in [2.24, 2.45) is 0 Å². The molecule has 0 aliphatic heterocycles. The van der Waals surface area contributed by atoms with E-state index in [2.05, 4.69) is 5.32 Å². The summed E-state index contributed by atoms with van der Waals surface area (Å²) in [7, 11) is 3.30. The van der Waals surface area contributed by atoms with Gasteiger partial charge in [0.2, 0.25) is 5.91 Å². The van der Waals surface area contributed by atoms with Gasteiger partial charge in [0, 0.05) is 25.6 Å². The summed E-state index contributed by atoms with van der Waals surface area (Å²) in [5.74, 6) is -0.848. The number of nitrogens with one attached hydrogen (secondary N) is 1. The van der Waals surface area contributed by atoms with Crippen LogP contribution >= 0.6 is 0 Å². The first-order valence-corrected chi connectivity index (χ1v) is 5.88. The number of rotatable bonds is 6. The van der Waals surface area contributed by atoms with Crippen LogP contribution in [-0.4, -0.2) is 54.0 Å². The lowest BCUT2D eigenvalue weighted by Crippen LogP contribution is -2.30. The zero-order chi connectivity index (χ0) is 14.4. The van der Waals surface area contributed by atoms with Crippen molar-refractivity contribution < 1.29 is 19.8 Å². The number of hydrogen-bond acceptors (Lipinski definition) is 5. The highest BCUT2D eigenvalue weighted by Gasteiger charge is 2.12. The van der Waals surface area contributed by atoms with E-state index in [-0.39, 0.29) is 29.7 Å². The Morgan fingerprint density at radius 3 is 2.53 bits per heavy atom. The first-order chi connectivity index (χ1) is 8.93. The molecule has 0 heterocycles. The average molecular weight is 266 g/mol. The average Bonchev–Trinajstić information content (AvgIpc) is 2.38. The van der Waals surface area contributed by atoms with Crippen LogP contribution < -0.4 is 5.32 Å². The van der Waals surface area contributed by atoms with E-state index in [4.69, 9.17) is 5.11 Å². The highest BCUT2D eigenvalue weighted by Crippen LogP contribution is 2.25. The van der Waals surface area contributed by atoms with Crippen LogP contribution in [-0.2, 0) is 4.79 Å². The summed E-state index contributed by atoms with van der Waals surface area (Å²) in [6.07, 6.45) is 0.321. The Balaban J connectivity index is 2.54. The van der Waals surface area contributed by atoms with Gasteiger partial charge in [-0.1, -0.05) is 0 Å². The van der Waals surface area contributed by atoms with Crippen molar-refractivity contribution in [2.75, 3.05) is 27.2 Å². The number of aromatic hydroxyl groups is 2. The molecule has 0 spiro atoms. The molecule has 0 aliphatic carbocycles. The van der Waals surface area contributed by atoms with Gasteiger partial charge in [0.15, 0.2) is 17.3 Å². The molecule has 0 saturated carbocycles. The second-order valence-electron chi connectivity index (χ2n) is 4.29. The Kier molecular flexibility index (Phi) is 5.32. The number of ketones is 1. The van der Waals surface area contributed by atoms with Crippen molar-refractivity contribution in [2.45, 2.75) is 6.42 Å². The fourth-order valence-electron chi connectivity index (χ4n) is 1.53. The third-order valence-electron chi connectivity index (χ3n) is 2.71. The second-order valence-corrected chi connectivity index (χ2v) is 4.29. The molecule has 0 fully saturated rings. The van der Waals surface area contributed by atoms with E-state index in [1.165, 1.54) is 18.2 Å². The fourth-order valence-corrected chi connectivity index (χ4v) is 1.53. The quantitative estimate of drug-likeness (QED) is 0.510. The standard InChI is InChI=1S/C13H18N2O4/c1-14-13(19)5-6-15(2)8-12(18)9-3-4-10(16)11(17)7-9/h3-4,7,16-17H,5-6,8H2,1-2H3,(H,14,19). The summed E-state index contributed by atoms with van der Waals surface area (Å²) in [6, 6.07) is 3.95. The molecule has 0 unspecified atom stereocenters. The first-order valence-electron chi connectivity index (χ1n) is 5.88. The van der Waals surface area contributed by atoms with Crippen LogP contribution in [0.5, 0.6) is 11.5 Å². The van der Waals surface area contributed by atoms with Gasteiger partial charge < -0.3 is 15.5 Å². The molecule has 0 aliphatic rings. The minimum atomic E-state index is -0.320. The Labute approximate surface area is 111 Å². The Bertz CT molecular complexity index is 474. The number of benzene rings is 1. The molecule has 1 amide bonds. The lowest BCUT2D eigenvalue weighted by molar-refractivity contribution is -0.120. The monoisotopic (exact) mass is 266 g/mol. The van der Waals surface area contributed by atoms with E-state index in [1.54, 1.807) is 19.0 Å². The molecule has 1 aromatic rings. The van der Waals surface area contributed by atoms with Gasteiger partial charge >= 0.3 is 0 Å². The molecule has 1 aromatic carbocycles. The molecule has 0 atom stereocenters. The number of Topliss-reactive ketones (excluding diaryl/α,β-unsaturated/α-hetero) is 1. The Hall–Kier alpha value is -2.08. The molecule has 0 saturated heterocycles. The van der Waals surface area contributed by atoms with Gasteiger partial charge in [0.05, 0.1) is 6.54 Å². The summed E-state index contributed by atoms with van der Waals surface area (Å²) < 4.78 is 0. The van der Waals surface area contributed by atoms with Crippen LogP contribution in [0.1, 0.15) is 16.8 Å². The largest absolute Gasteiger partial charge is 0.504 e. The zero-order valence-corrected chi connectivity index (χ0v) is 11.0. The van der Waals surface area contributed by atoms with Crippen molar-refractivity contribution in [3.05, 3.63) is 23.8 Å². The van der Waals surface area contributed by atoms with Crippen molar-refractivity contribution in [1.29, 1.82) is 0 Å². The molecular formula is C13H18N2O4. The van der Waals surface area contributed by atoms with Crippen LogP contribution in [0.4, 0.5) is 0 Å². The molecular weight excluding hydrogens is 248 g/mol. The molecule has 6 nitrogen and oxygen atoms in total. The number of amides is 1. The molecule has 0 aromatic heterocycles. The van der Waals surface area contributed by atoms with E-state index in [0.29, 0.717) is 18.5 Å². The predicted molar refractivity (Wildman–Crippen MR) is 70.3 cm³/mol. The number of carbonyl (C=O) groups is 2. The summed E-state index contributed by atoms with van der Waals surface area (Å²) in [5.41, 5.74) is 0.321. The summed E-state index contributed by atoms with van der Waals surface area (Å²) in [5, 5.41) is 21.0. The Morgan fingerprint density at radius 1 is 1.26 bits per heavy atom. The molecule has 0 bridgehead atoms. The van der Waals surface area contributed by atoms with Gasteiger partial charge in [-0.25, -0.2) is 0 Å². The number of phenols is 2. The molecule has 19 heavy (non-hydrogen) atoms. The molecule has 3 N–H and O–H groups in total. The topological polar surface area (TPSA) is 89.9 Å². The fraction of sp³-hybridized carbons (Fsp3) is 0.385. The van der Waals surface area contributed by atoms with Crippen molar-refractivity contribution in [1.82, 2.24) is 10.2 Å².